The third-order valence-corrected chi connectivity index (χ3v) is 13.0. The molecule has 296 valence electrons. The van der Waals surface area contributed by atoms with E-state index in [1.54, 1.807) is 0 Å². The molecule has 11 aromatic rings. The van der Waals surface area contributed by atoms with Gasteiger partial charge in [0, 0.05) is 33.3 Å². The zero-order chi connectivity index (χ0) is 41.7. The van der Waals surface area contributed by atoms with Crippen molar-refractivity contribution in [2.24, 2.45) is 0 Å². The fourth-order valence-electron chi connectivity index (χ4n) is 10.2. The number of furan rings is 1. The van der Waals surface area contributed by atoms with Crippen LogP contribution in [-0.2, 0) is 5.41 Å². The number of benzene rings is 10. The molecule has 0 spiro atoms. The molecule has 0 bridgehead atoms. The molecule has 0 N–H and O–H groups in total. The molecule has 1 aliphatic rings. The van der Waals surface area contributed by atoms with E-state index in [2.05, 4.69) is 254 Å². The van der Waals surface area contributed by atoms with Crippen molar-refractivity contribution in [3.8, 4) is 44.5 Å². The van der Waals surface area contributed by atoms with Crippen LogP contribution in [0.3, 0.4) is 0 Å². The Morgan fingerprint density at radius 3 is 1.41 bits per heavy atom. The standard InChI is InChI=1S/C61H41NO/c1-5-18-42(19-6-1)44-32-36-48(37-33-44)62(49-38-34-45(35-39-49)43-20-7-2-8-21-43)56-41-40-51(53-29-17-28-52-50-26-14-16-31-57(50)63-60(52)53)58-54-27-13-15-30-55(54)61(59(56)58,46-22-9-3-10-23-46)47-24-11-4-12-25-47/h1-41H. The van der Waals surface area contributed by atoms with Gasteiger partial charge in [0.15, 0.2) is 0 Å². The third kappa shape index (κ3) is 5.87. The van der Waals surface area contributed by atoms with Gasteiger partial charge in [0.1, 0.15) is 11.2 Å². The summed E-state index contributed by atoms with van der Waals surface area (Å²) in [6, 6.07) is 90.3. The van der Waals surface area contributed by atoms with Gasteiger partial charge < -0.3 is 9.32 Å². The fraction of sp³-hybridized carbons (Fsp3) is 0.0164. The van der Waals surface area contributed by atoms with Crippen molar-refractivity contribution in [2.75, 3.05) is 4.90 Å². The average molecular weight is 804 g/mol. The second-order valence-corrected chi connectivity index (χ2v) is 16.4. The molecule has 2 nitrogen and oxygen atoms in total. The van der Waals surface area contributed by atoms with Gasteiger partial charge in [0.2, 0.25) is 0 Å². The predicted octanol–water partition coefficient (Wildman–Crippen LogP) is 16.4. The molecule has 63 heavy (non-hydrogen) atoms. The van der Waals surface area contributed by atoms with Gasteiger partial charge in [0.25, 0.3) is 0 Å². The van der Waals surface area contributed by atoms with Crippen LogP contribution in [0.15, 0.2) is 253 Å². The number of hydrogen-bond donors (Lipinski definition) is 0. The fourth-order valence-corrected chi connectivity index (χ4v) is 10.2. The Labute approximate surface area is 367 Å². The maximum absolute atomic E-state index is 6.81. The van der Waals surface area contributed by atoms with E-state index in [1.807, 2.05) is 0 Å². The molecule has 0 amide bonds. The SMILES string of the molecule is c1ccc(-c2ccc(N(c3ccc(-c4ccccc4)cc3)c3ccc(-c4cccc5c4oc4ccccc45)c4c3C(c3ccccc3)(c3ccccc3)c3ccccc3-4)cc2)cc1. The summed E-state index contributed by atoms with van der Waals surface area (Å²) in [4.78, 5) is 2.47. The van der Waals surface area contributed by atoms with Crippen molar-refractivity contribution in [3.63, 3.8) is 0 Å². The molecule has 2 heteroatoms. The zero-order valence-electron chi connectivity index (χ0n) is 34.5. The van der Waals surface area contributed by atoms with Crippen LogP contribution in [0.2, 0.25) is 0 Å². The van der Waals surface area contributed by atoms with Gasteiger partial charge in [0.05, 0.1) is 11.1 Å². The molecule has 0 unspecified atom stereocenters. The number of anilines is 3. The van der Waals surface area contributed by atoms with Crippen molar-refractivity contribution >= 4 is 39.0 Å². The zero-order valence-corrected chi connectivity index (χ0v) is 34.5. The first kappa shape index (κ1) is 36.6. The number of rotatable bonds is 8. The van der Waals surface area contributed by atoms with E-state index >= 15 is 0 Å². The minimum Gasteiger partial charge on any atom is -0.455 e. The van der Waals surface area contributed by atoms with Crippen LogP contribution in [-0.4, -0.2) is 0 Å². The summed E-state index contributed by atoms with van der Waals surface area (Å²) in [5.41, 5.74) is 18.6. The second-order valence-electron chi connectivity index (χ2n) is 16.4. The lowest BCUT2D eigenvalue weighted by Crippen LogP contribution is -2.30. The highest BCUT2D eigenvalue weighted by molar-refractivity contribution is 6.12. The third-order valence-electron chi connectivity index (χ3n) is 13.0. The number of nitrogens with zero attached hydrogens (tertiary/aromatic N) is 1. The Kier molecular flexibility index (Phi) is 8.76. The normalized spacial score (nSPS) is 12.6. The molecule has 1 heterocycles. The minimum atomic E-state index is -0.687. The number of hydrogen-bond acceptors (Lipinski definition) is 2. The largest absolute Gasteiger partial charge is 0.455 e. The number of para-hydroxylation sites is 2. The quantitative estimate of drug-likeness (QED) is 0.152. The van der Waals surface area contributed by atoms with Gasteiger partial charge in [-0.05, 0) is 92.0 Å². The van der Waals surface area contributed by atoms with Crippen molar-refractivity contribution in [1.29, 1.82) is 0 Å². The lowest BCUT2D eigenvalue weighted by Gasteiger charge is -2.38. The molecule has 10 aromatic carbocycles. The summed E-state index contributed by atoms with van der Waals surface area (Å²) < 4.78 is 6.81. The topological polar surface area (TPSA) is 16.4 Å². The summed E-state index contributed by atoms with van der Waals surface area (Å²) in [7, 11) is 0. The molecule has 0 atom stereocenters. The molecular weight excluding hydrogens is 763 g/mol. The molecule has 0 radical (unpaired) electrons. The molecule has 0 fully saturated rings. The van der Waals surface area contributed by atoms with E-state index in [9.17, 15) is 0 Å². The molecule has 0 saturated heterocycles. The van der Waals surface area contributed by atoms with Crippen LogP contribution in [0.5, 0.6) is 0 Å². The Balaban J connectivity index is 1.20. The lowest BCUT2D eigenvalue weighted by molar-refractivity contribution is 0.670. The lowest BCUT2D eigenvalue weighted by atomic mass is 9.67. The Morgan fingerprint density at radius 2 is 0.810 bits per heavy atom. The van der Waals surface area contributed by atoms with E-state index in [0.717, 1.165) is 50.1 Å². The van der Waals surface area contributed by atoms with Crippen LogP contribution < -0.4 is 4.90 Å². The Bertz CT molecular complexity index is 3290. The van der Waals surface area contributed by atoms with Gasteiger partial charge in [-0.2, -0.15) is 0 Å². The van der Waals surface area contributed by atoms with Crippen molar-refractivity contribution in [2.45, 2.75) is 5.41 Å². The molecular formula is C61H41NO. The van der Waals surface area contributed by atoms with Crippen LogP contribution in [0, 0.1) is 0 Å². The van der Waals surface area contributed by atoms with Crippen LogP contribution in [0.25, 0.3) is 66.4 Å². The molecule has 12 rings (SSSR count). The van der Waals surface area contributed by atoms with Gasteiger partial charge in [-0.25, -0.2) is 0 Å². The van der Waals surface area contributed by atoms with Crippen molar-refractivity contribution in [1.82, 2.24) is 0 Å². The van der Waals surface area contributed by atoms with Gasteiger partial charge in [-0.1, -0.05) is 212 Å². The summed E-state index contributed by atoms with van der Waals surface area (Å²) in [5, 5.41) is 2.23. The van der Waals surface area contributed by atoms with E-state index in [0.29, 0.717) is 0 Å². The summed E-state index contributed by atoms with van der Waals surface area (Å²) in [6.45, 7) is 0. The van der Waals surface area contributed by atoms with E-state index < -0.39 is 5.41 Å². The highest BCUT2D eigenvalue weighted by atomic mass is 16.3. The molecule has 1 aromatic heterocycles. The van der Waals surface area contributed by atoms with E-state index in [-0.39, 0.29) is 0 Å². The Morgan fingerprint density at radius 1 is 0.333 bits per heavy atom. The number of fused-ring (bicyclic) bond motifs is 6. The minimum absolute atomic E-state index is 0.687. The van der Waals surface area contributed by atoms with E-state index in [1.165, 1.54) is 55.6 Å². The smallest absolute Gasteiger partial charge is 0.143 e. The summed E-state index contributed by atoms with van der Waals surface area (Å²) in [5.74, 6) is 0. The average Bonchev–Trinajstić information content (AvgIpc) is 3.91. The molecule has 1 aliphatic carbocycles. The van der Waals surface area contributed by atoms with Crippen molar-refractivity contribution < 1.29 is 4.42 Å². The first-order chi connectivity index (χ1) is 31.3. The van der Waals surface area contributed by atoms with Crippen LogP contribution >= 0.6 is 0 Å². The van der Waals surface area contributed by atoms with Gasteiger partial charge in [-0.15, -0.1) is 0 Å². The second kappa shape index (κ2) is 15.1. The summed E-state index contributed by atoms with van der Waals surface area (Å²) in [6.07, 6.45) is 0. The first-order valence-corrected chi connectivity index (χ1v) is 21.7. The van der Waals surface area contributed by atoms with Gasteiger partial charge in [-0.3, -0.25) is 0 Å². The first-order valence-electron chi connectivity index (χ1n) is 21.7. The highest BCUT2D eigenvalue weighted by Gasteiger charge is 2.49. The highest BCUT2D eigenvalue weighted by Crippen LogP contribution is 2.62. The van der Waals surface area contributed by atoms with Crippen LogP contribution in [0.1, 0.15) is 22.3 Å². The summed E-state index contributed by atoms with van der Waals surface area (Å²) >= 11 is 0. The van der Waals surface area contributed by atoms with Crippen LogP contribution in [0.4, 0.5) is 17.1 Å². The monoisotopic (exact) mass is 803 g/mol. The van der Waals surface area contributed by atoms with Gasteiger partial charge >= 0.3 is 0 Å². The van der Waals surface area contributed by atoms with E-state index in [4.69, 9.17) is 4.42 Å². The molecule has 0 aliphatic heterocycles. The molecule has 0 saturated carbocycles. The maximum atomic E-state index is 6.81. The Hall–Kier alpha value is -8.20. The predicted molar refractivity (Wildman–Crippen MR) is 262 cm³/mol. The maximum Gasteiger partial charge on any atom is 0.143 e. The van der Waals surface area contributed by atoms with Crippen molar-refractivity contribution in [3.05, 3.63) is 271 Å².